The summed E-state index contributed by atoms with van der Waals surface area (Å²) in [7, 11) is 0. The molecule has 0 fully saturated rings. The van der Waals surface area contributed by atoms with Crippen molar-refractivity contribution in [3.63, 3.8) is 0 Å². The molecule has 2 aromatic rings. The van der Waals surface area contributed by atoms with Gasteiger partial charge in [0.05, 0.1) is 21.9 Å². The SMILES string of the molecule is N#Cc1ccc(Br)cc1-n1cc(Br)cn1. The van der Waals surface area contributed by atoms with Crippen LogP contribution in [0.1, 0.15) is 5.56 Å². The minimum atomic E-state index is 0.591. The van der Waals surface area contributed by atoms with E-state index in [2.05, 4.69) is 43.0 Å². The summed E-state index contributed by atoms with van der Waals surface area (Å²) in [4.78, 5) is 0. The summed E-state index contributed by atoms with van der Waals surface area (Å²) in [5.41, 5.74) is 1.35. The average Bonchev–Trinajstić information content (AvgIpc) is 2.65. The standard InChI is InChI=1S/C10H5Br2N3/c11-8-2-1-7(4-13)10(3-8)15-6-9(12)5-14-15/h1-3,5-6H. The third-order valence-corrected chi connectivity index (χ3v) is 2.78. The van der Waals surface area contributed by atoms with Gasteiger partial charge in [0.2, 0.25) is 0 Å². The summed E-state index contributed by atoms with van der Waals surface area (Å²) in [5.74, 6) is 0. The maximum atomic E-state index is 8.96. The van der Waals surface area contributed by atoms with Gasteiger partial charge in [-0.15, -0.1) is 0 Å². The lowest BCUT2D eigenvalue weighted by Crippen LogP contribution is -1.97. The van der Waals surface area contributed by atoms with Gasteiger partial charge in [0.25, 0.3) is 0 Å². The van der Waals surface area contributed by atoms with Crippen LogP contribution < -0.4 is 0 Å². The Balaban J connectivity index is 2.61. The summed E-state index contributed by atoms with van der Waals surface area (Å²) in [5, 5.41) is 13.1. The smallest absolute Gasteiger partial charge is 0.101 e. The minimum Gasteiger partial charge on any atom is -0.238 e. The molecule has 2 rings (SSSR count). The first-order valence-corrected chi connectivity index (χ1v) is 5.69. The number of aromatic nitrogens is 2. The maximum absolute atomic E-state index is 8.96. The molecular formula is C10H5Br2N3. The van der Waals surface area contributed by atoms with E-state index in [9.17, 15) is 0 Å². The highest BCUT2D eigenvalue weighted by atomic mass is 79.9. The van der Waals surface area contributed by atoms with E-state index in [0.29, 0.717) is 5.56 Å². The Morgan fingerprint density at radius 3 is 2.67 bits per heavy atom. The zero-order chi connectivity index (χ0) is 10.8. The summed E-state index contributed by atoms with van der Waals surface area (Å²) < 4.78 is 3.46. The van der Waals surface area contributed by atoms with Crippen molar-refractivity contribution in [1.29, 1.82) is 5.26 Å². The fraction of sp³-hybridized carbons (Fsp3) is 0. The first-order chi connectivity index (χ1) is 7.20. The molecule has 15 heavy (non-hydrogen) atoms. The highest BCUT2D eigenvalue weighted by molar-refractivity contribution is 9.10. The van der Waals surface area contributed by atoms with Crippen molar-refractivity contribution in [3.8, 4) is 11.8 Å². The summed E-state index contributed by atoms with van der Waals surface area (Å²) in [6.07, 6.45) is 3.49. The van der Waals surface area contributed by atoms with Gasteiger partial charge in [-0.2, -0.15) is 10.4 Å². The molecule has 0 atom stereocenters. The molecule has 0 amide bonds. The van der Waals surface area contributed by atoms with Gasteiger partial charge in [-0.3, -0.25) is 0 Å². The molecule has 0 saturated carbocycles. The minimum absolute atomic E-state index is 0.591. The second-order valence-electron chi connectivity index (χ2n) is 2.88. The van der Waals surface area contributed by atoms with E-state index < -0.39 is 0 Å². The Bertz CT molecular complexity index is 540. The first kappa shape index (κ1) is 10.4. The van der Waals surface area contributed by atoms with Crippen LogP contribution >= 0.6 is 31.9 Å². The molecule has 3 nitrogen and oxygen atoms in total. The van der Waals surface area contributed by atoms with Crippen molar-refractivity contribution in [2.24, 2.45) is 0 Å². The lowest BCUT2D eigenvalue weighted by Gasteiger charge is -2.03. The fourth-order valence-corrected chi connectivity index (χ4v) is 1.86. The molecule has 74 valence electrons. The highest BCUT2D eigenvalue weighted by Gasteiger charge is 2.06. The normalized spacial score (nSPS) is 9.93. The summed E-state index contributed by atoms with van der Waals surface area (Å²) in [6, 6.07) is 7.59. The molecule has 0 radical (unpaired) electrons. The topological polar surface area (TPSA) is 41.6 Å². The van der Waals surface area contributed by atoms with Crippen LogP contribution in [0.3, 0.4) is 0 Å². The van der Waals surface area contributed by atoms with E-state index in [1.54, 1.807) is 16.9 Å². The molecule has 0 spiro atoms. The van der Waals surface area contributed by atoms with Gasteiger partial charge in [-0.25, -0.2) is 4.68 Å². The molecule has 0 aliphatic carbocycles. The van der Waals surface area contributed by atoms with Gasteiger partial charge in [0.15, 0.2) is 0 Å². The van der Waals surface area contributed by atoms with Crippen LogP contribution in [0.15, 0.2) is 39.5 Å². The van der Waals surface area contributed by atoms with Crippen LogP contribution in [0, 0.1) is 11.3 Å². The van der Waals surface area contributed by atoms with Crippen molar-refractivity contribution in [1.82, 2.24) is 9.78 Å². The van der Waals surface area contributed by atoms with Gasteiger partial charge < -0.3 is 0 Å². The Labute approximate surface area is 104 Å². The third-order valence-electron chi connectivity index (χ3n) is 1.88. The van der Waals surface area contributed by atoms with E-state index in [0.717, 1.165) is 14.6 Å². The molecule has 0 aliphatic heterocycles. The third kappa shape index (κ3) is 2.11. The van der Waals surface area contributed by atoms with Gasteiger partial charge in [0, 0.05) is 10.7 Å². The summed E-state index contributed by atoms with van der Waals surface area (Å²) >= 11 is 6.68. The monoisotopic (exact) mass is 325 g/mol. The predicted octanol–water partition coefficient (Wildman–Crippen LogP) is 3.27. The van der Waals surface area contributed by atoms with Crippen LogP contribution in [0.25, 0.3) is 5.69 Å². The molecule has 0 N–H and O–H groups in total. The quantitative estimate of drug-likeness (QED) is 0.807. The zero-order valence-corrected chi connectivity index (χ0v) is 10.7. The van der Waals surface area contributed by atoms with Crippen molar-refractivity contribution >= 4 is 31.9 Å². The molecule has 5 heteroatoms. The zero-order valence-electron chi connectivity index (χ0n) is 7.48. The Hall–Kier alpha value is -1.12. The van der Waals surface area contributed by atoms with E-state index in [4.69, 9.17) is 5.26 Å². The van der Waals surface area contributed by atoms with Gasteiger partial charge in [-0.05, 0) is 34.1 Å². The van der Waals surface area contributed by atoms with E-state index in [1.165, 1.54) is 0 Å². The van der Waals surface area contributed by atoms with E-state index in [1.807, 2.05) is 18.3 Å². The van der Waals surface area contributed by atoms with Crippen molar-refractivity contribution in [3.05, 3.63) is 45.1 Å². The molecule has 1 aromatic carbocycles. The van der Waals surface area contributed by atoms with Gasteiger partial charge >= 0.3 is 0 Å². The number of rotatable bonds is 1. The number of benzene rings is 1. The number of nitriles is 1. The molecule has 0 aliphatic rings. The highest BCUT2D eigenvalue weighted by Crippen LogP contribution is 2.20. The van der Waals surface area contributed by atoms with Crippen LogP contribution in [0.2, 0.25) is 0 Å². The second kappa shape index (κ2) is 4.17. The van der Waals surface area contributed by atoms with Crippen LogP contribution in [-0.2, 0) is 0 Å². The number of halogens is 2. The van der Waals surface area contributed by atoms with Crippen molar-refractivity contribution < 1.29 is 0 Å². The molecule has 0 saturated heterocycles. The number of hydrogen-bond acceptors (Lipinski definition) is 2. The predicted molar refractivity (Wildman–Crippen MR) is 63.7 cm³/mol. The second-order valence-corrected chi connectivity index (χ2v) is 4.71. The Kier molecular flexibility index (Phi) is 2.89. The van der Waals surface area contributed by atoms with Gasteiger partial charge in [-0.1, -0.05) is 15.9 Å². The van der Waals surface area contributed by atoms with E-state index in [-0.39, 0.29) is 0 Å². The van der Waals surface area contributed by atoms with Gasteiger partial charge in [0.1, 0.15) is 6.07 Å². The molecule has 0 unspecified atom stereocenters. The largest absolute Gasteiger partial charge is 0.238 e. The van der Waals surface area contributed by atoms with Crippen molar-refractivity contribution in [2.45, 2.75) is 0 Å². The van der Waals surface area contributed by atoms with Crippen LogP contribution in [-0.4, -0.2) is 9.78 Å². The van der Waals surface area contributed by atoms with Crippen LogP contribution in [0.4, 0.5) is 0 Å². The number of hydrogen-bond donors (Lipinski definition) is 0. The lowest BCUT2D eigenvalue weighted by atomic mass is 10.2. The fourth-order valence-electron chi connectivity index (χ4n) is 1.22. The lowest BCUT2D eigenvalue weighted by molar-refractivity contribution is 0.876. The number of nitrogens with zero attached hydrogens (tertiary/aromatic N) is 3. The van der Waals surface area contributed by atoms with E-state index >= 15 is 0 Å². The van der Waals surface area contributed by atoms with Crippen LogP contribution in [0.5, 0.6) is 0 Å². The molecular weight excluding hydrogens is 322 g/mol. The summed E-state index contributed by atoms with van der Waals surface area (Å²) in [6.45, 7) is 0. The Morgan fingerprint density at radius 1 is 1.27 bits per heavy atom. The van der Waals surface area contributed by atoms with Crippen molar-refractivity contribution in [2.75, 3.05) is 0 Å². The molecule has 1 heterocycles. The first-order valence-electron chi connectivity index (χ1n) is 4.11. The Morgan fingerprint density at radius 2 is 2.07 bits per heavy atom. The maximum Gasteiger partial charge on any atom is 0.101 e. The molecule has 1 aromatic heterocycles. The average molecular weight is 327 g/mol. The molecule has 0 bridgehead atoms.